The minimum absolute atomic E-state index is 0.187. The summed E-state index contributed by atoms with van der Waals surface area (Å²) in [6.45, 7) is 2.27. The minimum Gasteiger partial charge on any atom is -0.281 e. The van der Waals surface area contributed by atoms with Crippen LogP contribution in [-0.4, -0.2) is 5.24 Å². The van der Waals surface area contributed by atoms with Gasteiger partial charge in [0.1, 0.15) is 0 Å². The minimum atomic E-state index is -0.187. The second-order valence-electron chi connectivity index (χ2n) is 6.40. The molecule has 0 atom stereocenters. The van der Waals surface area contributed by atoms with Gasteiger partial charge in [-0.15, -0.1) is 0 Å². The molecule has 0 amide bonds. The maximum Gasteiger partial charge on any atom is 0.221 e. The smallest absolute Gasteiger partial charge is 0.221 e. The van der Waals surface area contributed by atoms with Crippen molar-refractivity contribution in [1.29, 1.82) is 0 Å². The highest BCUT2D eigenvalue weighted by Gasteiger charge is 1.96. The third-order valence-corrected chi connectivity index (χ3v) is 4.32. The van der Waals surface area contributed by atoms with Crippen molar-refractivity contribution in [3.63, 3.8) is 0 Å². The lowest BCUT2D eigenvalue weighted by molar-refractivity contribution is -0.111. The number of allylic oxidation sites excluding steroid dienone is 2. The maximum absolute atomic E-state index is 10.6. The second kappa shape index (κ2) is 18.7. The largest absolute Gasteiger partial charge is 0.281 e. The first-order valence-corrected chi connectivity index (χ1v) is 9.98. The van der Waals surface area contributed by atoms with Crippen LogP contribution in [0.4, 0.5) is 0 Å². The zero-order valence-corrected chi connectivity index (χ0v) is 15.5. The topological polar surface area (TPSA) is 17.1 Å². The Morgan fingerprint density at radius 3 is 1.55 bits per heavy atom. The molecule has 0 aromatic rings. The third-order valence-electron chi connectivity index (χ3n) is 4.14. The summed E-state index contributed by atoms with van der Waals surface area (Å²) in [4.78, 5) is 10.6. The Kier molecular flexibility index (Phi) is 18.5. The van der Waals surface area contributed by atoms with Gasteiger partial charge in [0.05, 0.1) is 0 Å². The standard InChI is InChI=1S/C20H37ClO/c1-2-3-4-5-6-7-8-9-10-11-12-13-14-15-16-17-18-19-20(21)22/h9-10H,2-8,11-19H2,1H3. The highest BCUT2D eigenvalue weighted by Crippen LogP contribution is 2.11. The average Bonchev–Trinajstić information content (AvgIpc) is 2.50. The van der Waals surface area contributed by atoms with E-state index in [1.54, 1.807) is 0 Å². The van der Waals surface area contributed by atoms with E-state index in [0.717, 1.165) is 12.8 Å². The van der Waals surface area contributed by atoms with Crippen LogP contribution in [0, 0.1) is 0 Å². The Morgan fingerprint density at radius 2 is 1.09 bits per heavy atom. The lowest BCUT2D eigenvalue weighted by atomic mass is 10.1. The summed E-state index contributed by atoms with van der Waals surface area (Å²) >= 11 is 5.30. The van der Waals surface area contributed by atoms with Crippen molar-refractivity contribution in [2.45, 2.75) is 110 Å². The zero-order valence-electron chi connectivity index (χ0n) is 14.8. The van der Waals surface area contributed by atoms with Gasteiger partial charge in [-0.2, -0.15) is 0 Å². The van der Waals surface area contributed by atoms with Crippen LogP contribution in [0.3, 0.4) is 0 Å². The van der Waals surface area contributed by atoms with E-state index < -0.39 is 0 Å². The van der Waals surface area contributed by atoms with Crippen LogP contribution in [0.15, 0.2) is 12.2 Å². The maximum atomic E-state index is 10.6. The monoisotopic (exact) mass is 328 g/mol. The molecule has 0 spiro atoms. The van der Waals surface area contributed by atoms with Crippen molar-refractivity contribution in [2.75, 3.05) is 0 Å². The predicted molar refractivity (Wildman–Crippen MR) is 99.5 cm³/mol. The molecule has 0 aromatic heterocycles. The van der Waals surface area contributed by atoms with E-state index >= 15 is 0 Å². The molecule has 1 nitrogen and oxygen atoms in total. The van der Waals surface area contributed by atoms with E-state index in [2.05, 4.69) is 19.1 Å². The van der Waals surface area contributed by atoms with E-state index in [9.17, 15) is 4.79 Å². The Labute approximate surface area is 143 Å². The summed E-state index contributed by atoms with van der Waals surface area (Å²) in [5, 5.41) is -0.187. The summed E-state index contributed by atoms with van der Waals surface area (Å²) in [5.74, 6) is 0. The van der Waals surface area contributed by atoms with Gasteiger partial charge in [0, 0.05) is 6.42 Å². The first-order chi connectivity index (χ1) is 10.8. The van der Waals surface area contributed by atoms with Crippen LogP contribution in [0.2, 0.25) is 0 Å². The molecule has 0 N–H and O–H groups in total. The first kappa shape index (κ1) is 21.7. The number of halogens is 1. The molecule has 2 heteroatoms. The molecule has 0 rings (SSSR count). The molecular weight excluding hydrogens is 292 g/mol. The normalized spacial score (nSPS) is 11.4. The van der Waals surface area contributed by atoms with Gasteiger partial charge in [-0.25, -0.2) is 0 Å². The van der Waals surface area contributed by atoms with Gasteiger partial charge < -0.3 is 0 Å². The molecule has 0 aliphatic carbocycles. The van der Waals surface area contributed by atoms with Crippen LogP contribution in [0.25, 0.3) is 0 Å². The Morgan fingerprint density at radius 1 is 0.682 bits per heavy atom. The number of unbranched alkanes of at least 4 members (excludes halogenated alkanes) is 13. The van der Waals surface area contributed by atoms with Gasteiger partial charge in [0.25, 0.3) is 0 Å². The molecule has 0 bridgehead atoms. The van der Waals surface area contributed by atoms with Gasteiger partial charge in [0.15, 0.2) is 0 Å². The molecule has 0 fully saturated rings. The highest BCUT2D eigenvalue weighted by molar-refractivity contribution is 6.63. The number of hydrogen-bond donors (Lipinski definition) is 0. The average molecular weight is 329 g/mol. The van der Waals surface area contributed by atoms with Crippen LogP contribution >= 0.6 is 11.6 Å². The molecular formula is C20H37ClO. The Balaban J connectivity index is 3.06. The van der Waals surface area contributed by atoms with Crippen molar-refractivity contribution in [3.8, 4) is 0 Å². The van der Waals surface area contributed by atoms with Crippen molar-refractivity contribution >= 4 is 16.8 Å². The lowest BCUT2D eigenvalue weighted by Gasteiger charge is -2.00. The summed E-state index contributed by atoms with van der Waals surface area (Å²) in [6, 6.07) is 0. The van der Waals surface area contributed by atoms with E-state index in [0.29, 0.717) is 6.42 Å². The quantitative estimate of drug-likeness (QED) is 0.153. The molecule has 0 radical (unpaired) electrons. The van der Waals surface area contributed by atoms with Crippen LogP contribution in [0.5, 0.6) is 0 Å². The number of rotatable bonds is 17. The molecule has 0 aromatic carbocycles. The summed E-state index contributed by atoms with van der Waals surface area (Å²) < 4.78 is 0. The molecule has 0 saturated heterocycles. The highest BCUT2D eigenvalue weighted by atomic mass is 35.5. The van der Waals surface area contributed by atoms with Crippen LogP contribution < -0.4 is 0 Å². The van der Waals surface area contributed by atoms with E-state index in [4.69, 9.17) is 11.6 Å². The fraction of sp³-hybridized carbons (Fsp3) is 0.850. The van der Waals surface area contributed by atoms with Crippen molar-refractivity contribution in [1.82, 2.24) is 0 Å². The third kappa shape index (κ3) is 19.7. The number of carbonyl (C=O) groups excluding carboxylic acids is 1. The van der Waals surface area contributed by atoms with Gasteiger partial charge in [-0.05, 0) is 43.7 Å². The van der Waals surface area contributed by atoms with Gasteiger partial charge in [-0.3, -0.25) is 4.79 Å². The Bertz CT molecular complexity index is 260. The second-order valence-corrected chi connectivity index (χ2v) is 6.82. The molecule has 130 valence electrons. The summed E-state index contributed by atoms with van der Waals surface area (Å²) in [7, 11) is 0. The number of carbonyl (C=O) groups is 1. The zero-order chi connectivity index (χ0) is 16.3. The summed E-state index contributed by atoms with van der Waals surface area (Å²) in [6.07, 6.45) is 24.8. The molecule has 0 aliphatic heterocycles. The molecule has 0 aliphatic rings. The molecule has 22 heavy (non-hydrogen) atoms. The summed E-state index contributed by atoms with van der Waals surface area (Å²) in [5.41, 5.74) is 0. The van der Waals surface area contributed by atoms with Gasteiger partial charge in [-0.1, -0.05) is 83.3 Å². The SMILES string of the molecule is CCCCCCCCC=CCCCCCCCCCC(=O)Cl. The van der Waals surface area contributed by atoms with Crippen molar-refractivity contribution in [2.24, 2.45) is 0 Å². The molecule has 0 heterocycles. The van der Waals surface area contributed by atoms with Crippen molar-refractivity contribution in [3.05, 3.63) is 12.2 Å². The van der Waals surface area contributed by atoms with Crippen molar-refractivity contribution < 1.29 is 4.79 Å². The van der Waals surface area contributed by atoms with E-state index in [1.165, 1.54) is 83.5 Å². The number of hydrogen-bond acceptors (Lipinski definition) is 1. The van der Waals surface area contributed by atoms with E-state index in [1.807, 2.05) is 0 Å². The van der Waals surface area contributed by atoms with Crippen LogP contribution in [-0.2, 0) is 4.79 Å². The Hall–Kier alpha value is -0.300. The first-order valence-electron chi connectivity index (χ1n) is 9.60. The fourth-order valence-electron chi connectivity index (χ4n) is 2.69. The van der Waals surface area contributed by atoms with Crippen LogP contribution in [0.1, 0.15) is 110 Å². The molecule has 0 saturated carbocycles. The fourth-order valence-corrected chi connectivity index (χ4v) is 2.82. The molecule has 0 unspecified atom stereocenters. The lowest BCUT2D eigenvalue weighted by Crippen LogP contribution is -1.86. The van der Waals surface area contributed by atoms with Gasteiger partial charge in [0.2, 0.25) is 5.24 Å². The van der Waals surface area contributed by atoms with Gasteiger partial charge >= 0.3 is 0 Å². The van der Waals surface area contributed by atoms with E-state index in [-0.39, 0.29) is 5.24 Å². The predicted octanol–water partition coefficient (Wildman–Crippen LogP) is 7.57.